The van der Waals surface area contributed by atoms with Gasteiger partial charge in [-0.2, -0.15) is 0 Å². The molecule has 0 saturated carbocycles. The Morgan fingerprint density at radius 2 is 1.96 bits per heavy atom. The van der Waals surface area contributed by atoms with Gasteiger partial charge >= 0.3 is 0 Å². The summed E-state index contributed by atoms with van der Waals surface area (Å²) < 4.78 is 16.0. The van der Waals surface area contributed by atoms with Crippen LogP contribution in [0.4, 0.5) is 0 Å². The van der Waals surface area contributed by atoms with Gasteiger partial charge in [-0.1, -0.05) is 28.5 Å². The first kappa shape index (κ1) is 22.0. The van der Waals surface area contributed by atoms with Crippen molar-refractivity contribution in [3.05, 3.63) is 22.0 Å². The van der Waals surface area contributed by atoms with Crippen molar-refractivity contribution >= 4 is 21.6 Å². The highest BCUT2D eigenvalue weighted by Crippen LogP contribution is 2.39. The SMILES string of the molecule is CCC1COC(C)(C)O1.OCC1=CC=C(COCC(O)CO)SS1. The Labute approximate surface area is 151 Å². The Morgan fingerprint density at radius 3 is 2.38 bits per heavy atom. The third-order valence-corrected chi connectivity index (χ3v) is 5.72. The van der Waals surface area contributed by atoms with Crippen LogP contribution in [-0.2, 0) is 14.2 Å². The van der Waals surface area contributed by atoms with Crippen molar-refractivity contribution in [3.63, 3.8) is 0 Å². The van der Waals surface area contributed by atoms with Gasteiger partial charge in [0, 0.05) is 9.81 Å². The maximum absolute atomic E-state index is 9.02. The highest BCUT2D eigenvalue weighted by molar-refractivity contribution is 8.79. The molecule has 0 aromatic rings. The maximum Gasteiger partial charge on any atom is 0.163 e. The van der Waals surface area contributed by atoms with E-state index in [4.69, 9.17) is 29.5 Å². The quantitative estimate of drug-likeness (QED) is 0.579. The molecule has 2 aliphatic heterocycles. The Balaban J connectivity index is 0.000000272. The molecule has 0 amide bonds. The molecule has 2 aliphatic rings. The Bertz CT molecular complexity index is 425. The van der Waals surface area contributed by atoms with E-state index in [0.717, 1.165) is 22.8 Å². The molecule has 8 heteroatoms. The van der Waals surface area contributed by atoms with Crippen molar-refractivity contribution in [3.8, 4) is 0 Å². The second-order valence-corrected chi connectivity index (χ2v) is 8.18. The molecule has 3 N–H and O–H groups in total. The maximum atomic E-state index is 9.02. The minimum atomic E-state index is -0.810. The summed E-state index contributed by atoms with van der Waals surface area (Å²) in [5, 5.41) is 26.4. The van der Waals surface area contributed by atoms with E-state index >= 15 is 0 Å². The molecule has 140 valence electrons. The number of aliphatic hydroxyl groups is 3. The molecule has 0 aromatic carbocycles. The van der Waals surface area contributed by atoms with Crippen LogP contribution in [0.25, 0.3) is 0 Å². The van der Waals surface area contributed by atoms with Crippen LogP contribution in [0.2, 0.25) is 0 Å². The fourth-order valence-electron chi connectivity index (χ4n) is 1.81. The van der Waals surface area contributed by atoms with Crippen molar-refractivity contribution in [1.82, 2.24) is 0 Å². The van der Waals surface area contributed by atoms with Gasteiger partial charge in [-0.15, -0.1) is 0 Å². The smallest absolute Gasteiger partial charge is 0.163 e. The molecular weight excluding hydrogens is 352 g/mol. The molecular formula is C16H28O6S2. The first-order valence-electron chi connectivity index (χ1n) is 7.93. The van der Waals surface area contributed by atoms with Crippen LogP contribution in [-0.4, -0.2) is 66.3 Å². The van der Waals surface area contributed by atoms with Crippen LogP contribution in [0.15, 0.2) is 22.0 Å². The van der Waals surface area contributed by atoms with Gasteiger partial charge < -0.3 is 29.5 Å². The van der Waals surface area contributed by atoms with Gasteiger partial charge in [-0.05, 0) is 32.4 Å². The molecule has 2 heterocycles. The van der Waals surface area contributed by atoms with Crippen LogP contribution in [0.1, 0.15) is 27.2 Å². The number of hydrogen-bond acceptors (Lipinski definition) is 8. The molecule has 2 rings (SSSR count). The lowest BCUT2D eigenvalue weighted by Crippen LogP contribution is -2.21. The summed E-state index contributed by atoms with van der Waals surface area (Å²) in [5.74, 6) is -0.333. The highest BCUT2D eigenvalue weighted by atomic mass is 33.1. The minimum absolute atomic E-state index is 0.0610. The first-order chi connectivity index (χ1) is 11.4. The van der Waals surface area contributed by atoms with Gasteiger partial charge in [0.2, 0.25) is 0 Å². The fourth-order valence-corrected chi connectivity index (χ4v) is 3.74. The zero-order valence-corrected chi connectivity index (χ0v) is 16.1. The van der Waals surface area contributed by atoms with Gasteiger partial charge in [0.05, 0.1) is 39.1 Å². The van der Waals surface area contributed by atoms with Crippen molar-refractivity contribution in [2.75, 3.05) is 33.0 Å². The number of ether oxygens (including phenoxy) is 3. The third-order valence-electron chi connectivity index (χ3n) is 3.15. The lowest BCUT2D eigenvalue weighted by atomic mass is 10.3. The van der Waals surface area contributed by atoms with Crippen LogP contribution in [0, 0.1) is 0 Å². The Kier molecular flexibility index (Phi) is 10.6. The van der Waals surface area contributed by atoms with Crippen LogP contribution in [0.3, 0.4) is 0 Å². The largest absolute Gasteiger partial charge is 0.394 e. The number of allylic oxidation sites excluding steroid dienone is 2. The molecule has 1 fully saturated rings. The van der Waals surface area contributed by atoms with E-state index < -0.39 is 6.10 Å². The molecule has 0 aliphatic carbocycles. The summed E-state index contributed by atoms with van der Waals surface area (Å²) in [4.78, 5) is 1.95. The topological polar surface area (TPSA) is 88.4 Å². The fraction of sp³-hybridized carbons (Fsp3) is 0.750. The van der Waals surface area contributed by atoms with E-state index in [-0.39, 0.29) is 25.6 Å². The molecule has 0 bridgehead atoms. The van der Waals surface area contributed by atoms with Crippen molar-refractivity contribution in [2.24, 2.45) is 0 Å². The second-order valence-electron chi connectivity index (χ2n) is 5.80. The number of hydrogen-bond donors (Lipinski definition) is 3. The third kappa shape index (κ3) is 8.87. The summed E-state index contributed by atoms with van der Waals surface area (Å²) in [6.07, 6.45) is 4.29. The Hall–Kier alpha value is -0.0600. The molecule has 1 saturated heterocycles. The lowest BCUT2D eigenvalue weighted by molar-refractivity contribution is -0.138. The average molecular weight is 381 g/mol. The van der Waals surface area contributed by atoms with Crippen molar-refractivity contribution in [1.29, 1.82) is 0 Å². The summed E-state index contributed by atoms with van der Waals surface area (Å²) in [7, 11) is 3.04. The van der Waals surface area contributed by atoms with Crippen LogP contribution in [0.5, 0.6) is 0 Å². The van der Waals surface area contributed by atoms with Crippen molar-refractivity contribution in [2.45, 2.75) is 45.2 Å². The number of aliphatic hydroxyl groups excluding tert-OH is 3. The zero-order valence-electron chi connectivity index (χ0n) is 14.4. The van der Waals surface area contributed by atoms with Gasteiger partial charge in [-0.3, -0.25) is 0 Å². The standard InChI is InChI=1S/C9H14O4S2.C7H14O2/c10-3-7(12)5-13-6-9-2-1-8(4-11)14-15-9;1-4-6-5-8-7(2,3)9-6/h1-2,7,10-12H,3-6H2;6H,4-5H2,1-3H3. The normalized spacial score (nSPS) is 23.8. The highest BCUT2D eigenvalue weighted by Gasteiger charge is 2.31. The van der Waals surface area contributed by atoms with Gasteiger partial charge in [0.15, 0.2) is 5.79 Å². The molecule has 24 heavy (non-hydrogen) atoms. The average Bonchev–Trinajstić information content (AvgIpc) is 2.95. The van der Waals surface area contributed by atoms with E-state index in [1.807, 2.05) is 26.0 Å². The summed E-state index contributed by atoms with van der Waals surface area (Å²) in [5.41, 5.74) is 0. The van der Waals surface area contributed by atoms with E-state index in [1.54, 1.807) is 0 Å². The molecule has 2 atom stereocenters. The zero-order chi connectivity index (χ0) is 18.0. The van der Waals surface area contributed by atoms with Gasteiger partial charge in [-0.25, -0.2) is 0 Å². The predicted molar refractivity (Wildman–Crippen MR) is 97.5 cm³/mol. The molecule has 0 spiro atoms. The van der Waals surface area contributed by atoms with E-state index in [9.17, 15) is 0 Å². The first-order valence-corrected chi connectivity index (χ1v) is 10.1. The summed E-state index contributed by atoms with van der Waals surface area (Å²) in [6.45, 7) is 7.09. The van der Waals surface area contributed by atoms with Gasteiger partial charge in [0.1, 0.15) is 6.10 Å². The Morgan fingerprint density at radius 1 is 1.29 bits per heavy atom. The van der Waals surface area contributed by atoms with Crippen LogP contribution < -0.4 is 0 Å². The lowest BCUT2D eigenvalue weighted by Gasteiger charge is -2.16. The molecule has 2 unspecified atom stereocenters. The minimum Gasteiger partial charge on any atom is -0.394 e. The second kappa shape index (κ2) is 11.5. The molecule has 0 radical (unpaired) electrons. The monoisotopic (exact) mass is 380 g/mol. The van der Waals surface area contributed by atoms with Crippen molar-refractivity contribution < 1.29 is 29.5 Å². The number of rotatable bonds is 7. The van der Waals surface area contributed by atoms with Crippen LogP contribution >= 0.6 is 21.6 Å². The molecule has 0 aromatic heterocycles. The van der Waals surface area contributed by atoms with E-state index in [0.29, 0.717) is 12.7 Å². The summed E-state index contributed by atoms with van der Waals surface area (Å²) >= 11 is 0. The van der Waals surface area contributed by atoms with Gasteiger partial charge in [0.25, 0.3) is 0 Å². The van der Waals surface area contributed by atoms with E-state index in [2.05, 4.69) is 6.92 Å². The predicted octanol–water partition coefficient (Wildman–Crippen LogP) is 2.06. The molecule has 6 nitrogen and oxygen atoms in total. The summed E-state index contributed by atoms with van der Waals surface area (Å²) in [6, 6.07) is 0. The van der Waals surface area contributed by atoms with E-state index in [1.165, 1.54) is 21.6 Å².